The number of esters is 1. The van der Waals surface area contributed by atoms with Crippen LogP contribution in [0.2, 0.25) is 0 Å². The molecule has 0 heterocycles. The van der Waals surface area contributed by atoms with Crippen molar-refractivity contribution in [3.63, 3.8) is 0 Å². The Labute approximate surface area is 115 Å². The van der Waals surface area contributed by atoms with Crippen LogP contribution in [0.3, 0.4) is 0 Å². The van der Waals surface area contributed by atoms with Gasteiger partial charge in [-0.2, -0.15) is 0 Å². The van der Waals surface area contributed by atoms with Crippen LogP contribution in [0, 0.1) is 5.92 Å². The van der Waals surface area contributed by atoms with E-state index < -0.39 is 5.54 Å². The summed E-state index contributed by atoms with van der Waals surface area (Å²) in [5.41, 5.74) is 4.56. The number of rotatable bonds is 9. The summed E-state index contributed by atoms with van der Waals surface area (Å²) in [7, 11) is 3.08. The van der Waals surface area contributed by atoms with Crippen LogP contribution in [0.25, 0.3) is 0 Å². The fourth-order valence-corrected chi connectivity index (χ4v) is 2.40. The van der Waals surface area contributed by atoms with Crippen molar-refractivity contribution >= 4 is 11.9 Å². The summed E-state index contributed by atoms with van der Waals surface area (Å²) in [6.07, 6.45) is 1.17. The predicted octanol–water partition coefficient (Wildman–Crippen LogP) is 0.0172. The second-order valence-corrected chi connectivity index (χ2v) is 5.14. The topological polar surface area (TPSA) is 93.5 Å². The first kappa shape index (κ1) is 17.9. The fraction of sp³-hybridized carbons (Fsp3) is 0.846. The Balaban J connectivity index is 4.67. The maximum atomic E-state index is 11.9. The van der Waals surface area contributed by atoms with Gasteiger partial charge in [0.1, 0.15) is 5.54 Å². The molecule has 0 aromatic rings. The van der Waals surface area contributed by atoms with Crippen molar-refractivity contribution in [2.75, 3.05) is 20.7 Å². The van der Waals surface area contributed by atoms with Crippen LogP contribution in [0.15, 0.2) is 0 Å². The first-order chi connectivity index (χ1) is 8.80. The Bertz CT molecular complexity index is 310. The third kappa shape index (κ3) is 5.57. The van der Waals surface area contributed by atoms with Crippen molar-refractivity contribution in [3.05, 3.63) is 0 Å². The molecular weight excluding hydrogens is 246 g/mol. The lowest BCUT2D eigenvalue weighted by Crippen LogP contribution is -2.51. The van der Waals surface area contributed by atoms with Crippen LogP contribution in [-0.4, -0.2) is 44.2 Å². The minimum absolute atomic E-state index is 0.146. The van der Waals surface area contributed by atoms with Crippen LogP contribution in [-0.2, 0) is 14.3 Å². The van der Waals surface area contributed by atoms with E-state index >= 15 is 0 Å². The van der Waals surface area contributed by atoms with Gasteiger partial charge in [0.05, 0.1) is 13.2 Å². The summed E-state index contributed by atoms with van der Waals surface area (Å²) < 4.78 is 4.84. The van der Waals surface area contributed by atoms with Crippen molar-refractivity contribution in [2.24, 2.45) is 11.7 Å². The van der Waals surface area contributed by atoms with Crippen molar-refractivity contribution in [1.29, 1.82) is 0 Å². The molecule has 0 saturated carbocycles. The van der Waals surface area contributed by atoms with E-state index in [-0.39, 0.29) is 23.8 Å². The SMILES string of the molecule is CCNC(C)(CC(C)CC(NC)C(N)=O)C(=O)OC. The van der Waals surface area contributed by atoms with E-state index in [2.05, 4.69) is 10.6 Å². The molecule has 4 N–H and O–H groups in total. The van der Waals surface area contributed by atoms with E-state index in [1.165, 1.54) is 7.11 Å². The monoisotopic (exact) mass is 273 g/mol. The Morgan fingerprint density at radius 3 is 2.37 bits per heavy atom. The van der Waals surface area contributed by atoms with Gasteiger partial charge in [-0.15, -0.1) is 0 Å². The molecule has 112 valence electrons. The van der Waals surface area contributed by atoms with Gasteiger partial charge in [-0.25, -0.2) is 0 Å². The molecule has 3 unspecified atom stereocenters. The number of primary amides is 1. The number of hydrogen-bond acceptors (Lipinski definition) is 5. The van der Waals surface area contributed by atoms with E-state index in [0.717, 1.165) is 0 Å². The Morgan fingerprint density at radius 1 is 1.42 bits per heavy atom. The lowest BCUT2D eigenvalue weighted by atomic mass is 9.86. The first-order valence-electron chi connectivity index (χ1n) is 6.60. The highest BCUT2D eigenvalue weighted by molar-refractivity contribution is 5.80. The van der Waals surface area contributed by atoms with Gasteiger partial charge in [0, 0.05) is 0 Å². The molecule has 0 radical (unpaired) electrons. The molecule has 6 nitrogen and oxygen atoms in total. The van der Waals surface area contributed by atoms with Gasteiger partial charge in [0.15, 0.2) is 0 Å². The largest absolute Gasteiger partial charge is 0.468 e. The maximum absolute atomic E-state index is 11.9. The zero-order chi connectivity index (χ0) is 15.1. The molecule has 0 bridgehead atoms. The van der Waals surface area contributed by atoms with Gasteiger partial charge in [0.2, 0.25) is 5.91 Å². The molecule has 0 aromatic heterocycles. The van der Waals surface area contributed by atoms with Gasteiger partial charge in [-0.05, 0) is 39.3 Å². The number of ether oxygens (including phenoxy) is 1. The molecule has 19 heavy (non-hydrogen) atoms. The van der Waals surface area contributed by atoms with E-state index in [1.807, 2.05) is 20.8 Å². The van der Waals surface area contributed by atoms with Crippen LogP contribution in [0.1, 0.15) is 33.6 Å². The van der Waals surface area contributed by atoms with Crippen molar-refractivity contribution in [2.45, 2.75) is 45.2 Å². The molecule has 0 rings (SSSR count). The van der Waals surface area contributed by atoms with Crippen LogP contribution in [0.4, 0.5) is 0 Å². The van der Waals surface area contributed by atoms with E-state index in [4.69, 9.17) is 10.5 Å². The number of nitrogens with two attached hydrogens (primary N) is 1. The summed E-state index contributed by atoms with van der Waals surface area (Å²) >= 11 is 0. The van der Waals surface area contributed by atoms with Gasteiger partial charge < -0.3 is 21.1 Å². The van der Waals surface area contributed by atoms with E-state index in [0.29, 0.717) is 19.4 Å². The third-order valence-electron chi connectivity index (χ3n) is 3.29. The van der Waals surface area contributed by atoms with Crippen molar-refractivity contribution in [3.8, 4) is 0 Å². The summed E-state index contributed by atoms with van der Waals surface area (Å²) in [6, 6.07) is -0.376. The number of amides is 1. The Morgan fingerprint density at radius 2 is 2.00 bits per heavy atom. The first-order valence-corrected chi connectivity index (χ1v) is 6.60. The van der Waals surface area contributed by atoms with Crippen LogP contribution >= 0.6 is 0 Å². The normalized spacial score (nSPS) is 17.3. The number of nitrogens with one attached hydrogen (secondary N) is 2. The number of likely N-dealkylation sites (N-methyl/N-ethyl adjacent to an activating group) is 2. The van der Waals surface area contributed by atoms with Gasteiger partial charge >= 0.3 is 5.97 Å². The number of methoxy groups -OCH3 is 1. The van der Waals surface area contributed by atoms with E-state index in [1.54, 1.807) is 7.05 Å². The molecule has 0 aliphatic rings. The quantitative estimate of drug-likeness (QED) is 0.515. The zero-order valence-corrected chi connectivity index (χ0v) is 12.6. The van der Waals surface area contributed by atoms with Gasteiger partial charge in [0.25, 0.3) is 0 Å². The average Bonchev–Trinajstić information content (AvgIpc) is 2.34. The number of carbonyl (C=O) groups is 2. The molecule has 3 atom stereocenters. The Hall–Kier alpha value is -1.14. The molecular formula is C13H27N3O3. The predicted molar refractivity (Wildman–Crippen MR) is 74.5 cm³/mol. The van der Waals surface area contributed by atoms with Crippen molar-refractivity contribution < 1.29 is 14.3 Å². The van der Waals surface area contributed by atoms with E-state index in [9.17, 15) is 9.59 Å². The molecule has 0 spiro atoms. The van der Waals surface area contributed by atoms with Gasteiger partial charge in [-0.1, -0.05) is 13.8 Å². The highest BCUT2D eigenvalue weighted by atomic mass is 16.5. The molecule has 0 aromatic carbocycles. The molecule has 1 amide bonds. The average molecular weight is 273 g/mol. The molecule has 0 saturated heterocycles. The molecule has 0 aliphatic carbocycles. The summed E-state index contributed by atoms with van der Waals surface area (Å²) in [5, 5.41) is 6.03. The molecule has 6 heteroatoms. The number of hydrogen-bond donors (Lipinski definition) is 3. The smallest absolute Gasteiger partial charge is 0.325 e. The maximum Gasteiger partial charge on any atom is 0.325 e. The third-order valence-corrected chi connectivity index (χ3v) is 3.29. The summed E-state index contributed by atoms with van der Waals surface area (Å²) in [6.45, 7) is 6.42. The zero-order valence-electron chi connectivity index (χ0n) is 12.6. The lowest BCUT2D eigenvalue weighted by Gasteiger charge is -2.31. The number of carbonyl (C=O) groups excluding carboxylic acids is 2. The second-order valence-electron chi connectivity index (χ2n) is 5.14. The van der Waals surface area contributed by atoms with Crippen LogP contribution in [0.5, 0.6) is 0 Å². The molecule has 0 fully saturated rings. The lowest BCUT2D eigenvalue weighted by molar-refractivity contribution is -0.148. The van der Waals surface area contributed by atoms with Crippen molar-refractivity contribution in [1.82, 2.24) is 10.6 Å². The Kier molecular flexibility index (Phi) is 7.63. The molecule has 0 aliphatic heterocycles. The van der Waals surface area contributed by atoms with Crippen LogP contribution < -0.4 is 16.4 Å². The fourth-order valence-electron chi connectivity index (χ4n) is 2.40. The minimum atomic E-state index is -0.737. The minimum Gasteiger partial charge on any atom is -0.468 e. The van der Waals surface area contributed by atoms with Gasteiger partial charge in [-0.3, -0.25) is 9.59 Å². The highest BCUT2D eigenvalue weighted by Gasteiger charge is 2.35. The summed E-state index contributed by atoms with van der Waals surface area (Å²) in [4.78, 5) is 23.1. The summed E-state index contributed by atoms with van der Waals surface area (Å²) in [5.74, 6) is -0.521. The highest BCUT2D eigenvalue weighted by Crippen LogP contribution is 2.22. The standard InChI is InChI=1S/C13H27N3O3/c1-6-16-13(3,12(18)19-5)8-9(2)7-10(15-4)11(14)17/h9-10,15-16H,6-8H2,1-5H3,(H2,14,17). The second kappa shape index (κ2) is 8.12.